The number of hydrogen-bond acceptors (Lipinski definition) is 6. The van der Waals surface area contributed by atoms with Crippen molar-refractivity contribution in [1.29, 1.82) is 15.8 Å². The first kappa shape index (κ1) is 18.7. The number of anilines is 1. The van der Waals surface area contributed by atoms with E-state index in [1.807, 2.05) is 12.1 Å². The van der Waals surface area contributed by atoms with Gasteiger partial charge in [-0.1, -0.05) is 11.6 Å². The predicted octanol–water partition coefficient (Wildman–Crippen LogP) is 4.53. The zero-order valence-electron chi connectivity index (χ0n) is 14.1. The van der Waals surface area contributed by atoms with Gasteiger partial charge in [-0.2, -0.15) is 15.8 Å². The van der Waals surface area contributed by atoms with Crippen molar-refractivity contribution in [3.05, 3.63) is 70.0 Å². The molecule has 28 heavy (non-hydrogen) atoms. The van der Waals surface area contributed by atoms with E-state index < -0.39 is 5.82 Å². The van der Waals surface area contributed by atoms with Crippen molar-refractivity contribution in [3.8, 4) is 41.0 Å². The van der Waals surface area contributed by atoms with Gasteiger partial charge in [0, 0.05) is 11.6 Å². The first-order valence-electron chi connectivity index (χ1n) is 7.75. The monoisotopic (exact) mass is 389 g/mol. The Hall–Kier alpha value is -4.12. The van der Waals surface area contributed by atoms with E-state index in [0.717, 1.165) is 6.07 Å². The Kier molecular flexibility index (Phi) is 5.09. The van der Waals surface area contributed by atoms with Gasteiger partial charge in [-0.15, -0.1) is 0 Å². The average Bonchev–Trinajstić information content (AvgIpc) is 2.70. The van der Waals surface area contributed by atoms with Crippen LogP contribution in [0.4, 0.5) is 10.2 Å². The van der Waals surface area contributed by atoms with Crippen LogP contribution in [-0.4, -0.2) is 4.98 Å². The summed E-state index contributed by atoms with van der Waals surface area (Å²) in [5.74, 6) is -0.0632. The summed E-state index contributed by atoms with van der Waals surface area (Å²) in [5, 5.41) is 27.9. The van der Waals surface area contributed by atoms with Gasteiger partial charge in [0.15, 0.2) is 0 Å². The van der Waals surface area contributed by atoms with Crippen LogP contribution < -0.4 is 10.5 Å². The standard InChI is InChI=1S/C20H9ClFN5O/c21-17-6-5-13(7-18(17)22)28-12-3-1-11(2-4-12)19-15(9-24)14(8-23)16(10-25)20(26)27-19/h1-7H,(H2,26,27). The second-order valence-corrected chi connectivity index (χ2v) is 5.92. The number of rotatable bonds is 3. The highest BCUT2D eigenvalue weighted by molar-refractivity contribution is 6.30. The lowest BCUT2D eigenvalue weighted by atomic mass is 9.98. The predicted molar refractivity (Wildman–Crippen MR) is 99.7 cm³/mol. The summed E-state index contributed by atoms with van der Waals surface area (Å²) in [6.07, 6.45) is 0. The topological polar surface area (TPSA) is 120 Å². The van der Waals surface area contributed by atoms with Crippen LogP contribution in [0.2, 0.25) is 5.02 Å². The fourth-order valence-electron chi connectivity index (χ4n) is 2.50. The summed E-state index contributed by atoms with van der Waals surface area (Å²) in [6, 6.07) is 16.0. The van der Waals surface area contributed by atoms with Crippen LogP contribution in [-0.2, 0) is 0 Å². The molecule has 3 aromatic rings. The summed E-state index contributed by atoms with van der Waals surface area (Å²) >= 11 is 5.64. The van der Waals surface area contributed by atoms with Gasteiger partial charge in [-0.05, 0) is 36.4 Å². The second-order valence-electron chi connectivity index (χ2n) is 5.51. The number of pyridine rings is 1. The van der Waals surface area contributed by atoms with Gasteiger partial charge in [0.2, 0.25) is 0 Å². The third-order valence-corrected chi connectivity index (χ3v) is 4.12. The van der Waals surface area contributed by atoms with Crippen molar-refractivity contribution in [1.82, 2.24) is 4.98 Å². The quantitative estimate of drug-likeness (QED) is 0.702. The molecule has 0 radical (unpaired) electrons. The number of halogens is 2. The van der Waals surface area contributed by atoms with Gasteiger partial charge in [-0.25, -0.2) is 9.37 Å². The SMILES string of the molecule is N#Cc1c(N)nc(-c2ccc(Oc3ccc(Cl)c(F)c3)cc2)c(C#N)c1C#N. The summed E-state index contributed by atoms with van der Waals surface area (Å²) < 4.78 is 19.1. The molecule has 0 bridgehead atoms. The molecule has 0 saturated carbocycles. The molecule has 0 aliphatic heterocycles. The molecule has 0 saturated heterocycles. The smallest absolute Gasteiger partial charge is 0.145 e. The van der Waals surface area contributed by atoms with Crippen LogP contribution in [0, 0.1) is 39.8 Å². The van der Waals surface area contributed by atoms with Crippen molar-refractivity contribution < 1.29 is 9.13 Å². The Morgan fingerprint density at radius 3 is 2.07 bits per heavy atom. The molecule has 0 aliphatic rings. The third kappa shape index (κ3) is 3.41. The minimum atomic E-state index is -0.601. The van der Waals surface area contributed by atoms with Crippen molar-refractivity contribution in [2.45, 2.75) is 0 Å². The average molecular weight is 390 g/mol. The van der Waals surface area contributed by atoms with E-state index in [1.165, 1.54) is 12.1 Å². The third-order valence-electron chi connectivity index (χ3n) is 3.82. The molecule has 0 atom stereocenters. The van der Waals surface area contributed by atoms with Crippen LogP contribution in [0.15, 0.2) is 42.5 Å². The largest absolute Gasteiger partial charge is 0.457 e. The maximum Gasteiger partial charge on any atom is 0.145 e. The summed E-state index contributed by atoms with van der Waals surface area (Å²) in [4.78, 5) is 4.11. The van der Waals surface area contributed by atoms with Crippen LogP contribution in [0.5, 0.6) is 11.5 Å². The molecular weight excluding hydrogens is 381 g/mol. The molecule has 0 aliphatic carbocycles. The van der Waals surface area contributed by atoms with E-state index in [1.54, 1.807) is 30.3 Å². The highest BCUT2D eigenvalue weighted by Crippen LogP contribution is 2.31. The van der Waals surface area contributed by atoms with Gasteiger partial charge in [0.1, 0.15) is 46.9 Å². The normalized spacial score (nSPS) is 9.82. The molecular formula is C20H9ClFN5O. The van der Waals surface area contributed by atoms with E-state index in [-0.39, 0.29) is 39.0 Å². The molecule has 0 fully saturated rings. The number of nitrogens with zero attached hydrogens (tertiary/aromatic N) is 4. The minimum absolute atomic E-state index is 0.00972. The Morgan fingerprint density at radius 1 is 0.893 bits per heavy atom. The molecule has 1 aromatic heterocycles. The lowest BCUT2D eigenvalue weighted by Gasteiger charge is -2.10. The Balaban J connectivity index is 1.99. The lowest BCUT2D eigenvalue weighted by molar-refractivity contribution is 0.477. The highest BCUT2D eigenvalue weighted by atomic mass is 35.5. The van der Waals surface area contributed by atoms with E-state index in [0.29, 0.717) is 11.3 Å². The maximum absolute atomic E-state index is 13.5. The molecule has 1 heterocycles. The zero-order valence-corrected chi connectivity index (χ0v) is 14.8. The molecule has 134 valence electrons. The van der Waals surface area contributed by atoms with Gasteiger partial charge < -0.3 is 10.5 Å². The van der Waals surface area contributed by atoms with Gasteiger partial charge >= 0.3 is 0 Å². The Bertz CT molecular complexity index is 1200. The molecule has 0 spiro atoms. The van der Waals surface area contributed by atoms with Crippen molar-refractivity contribution in [3.63, 3.8) is 0 Å². The molecule has 6 nitrogen and oxygen atoms in total. The summed E-state index contributed by atoms with van der Waals surface area (Å²) in [5.41, 5.74) is 6.15. The van der Waals surface area contributed by atoms with Gasteiger partial charge in [-0.3, -0.25) is 0 Å². The molecule has 8 heteroatoms. The number of nitrogen functional groups attached to an aromatic ring is 1. The fraction of sp³-hybridized carbons (Fsp3) is 0. The van der Waals surface area contributed by atoms with Crippen LogP contribution in [0.1, 0.15) is 16.7 Å². The van der Waals surface area contributed by atoms with E-state index in [2.05, 4.69) is 4.98 Å². The summed E-state index contributed by atoms with van der Waals surface area (Å²) in [6.45, 7) is 0. The van der Waals surface area contributed by atoms with Crippen LogP contribution in [0.3, 0.4) is 0 Å². The first-order valence-corrected chi connectivity index (χ1v) is 8.13. The Labute approximate surface area is 164 Å². The zero-order chi connectivity index (χ0) is 20.3. The number of nitriles is 3. The van der Waals surface area contributed by atoms with E-state index >= 15 is 0 Å². The van der Waals surface area contributed by atoms with E-state index in [4.69, 9.17) is 27.3 Å². The molecule has 3 rings (SSSR count). The number of ether oxygens (including phenoxy) is 1. The number of benzene rings is 2. The minimum Gasteiger partial charge on any atom is -0.457 e. The number of aromatic nitrogens is 1. The second kappa shape index (κ2) is 7.63. The van der Waals surface area contributed by atoms with Crippen LogP contribution in [0.25, 0.3) is 11.3 Å². The Morgan fingerprint density at radius 2 is 1.50 bits per heavy atom. The first-order chi connectivity index (χ1) is 13.5. The lowest BCUT2D eigenvalue weighted by Crippen LogP contribution is -2.04. The summed E-state index contributed by atoms with van der Waals surface area (Å²) in [7, 11) is 0. The van der Waals surface area contributed by atoms with Crippen molar-refractivity contribution in [2.24, 2.45) is 0 Å². The van der Waals surface area contributed by atoms with Crippen molar-refractivity contribution >= 4 is 17.4 Å². The molecule has 2 aromatic carbocycles. The van der Waals surface area contributed by atoms with Crippen molar-refractivity contribution in [2.75, 3.05) is 5.73 Å². The van der Waals surface area contributed by atoms with Gasteiger partial charge in [0.05, 0.1) is 21.8 Å². The van der Waals surface area contributed by atoms with Crippen LogP contribution >= 0.6 is 11.6 Å². The molecule has 0 amide bonds. The maximum atomic E-state index is 13.5. The number of hydrogen-bond donors (Lipinski definition) is 1. The highest BCUT2D eigenvalue weighted by Gasteiger charge is 2.19. The van der Waals surface area contributed by atoms with E-state index in [9.17, 15) is 14.9 Å². The number of nitrogens with two attached hydrogens (primary N) is 1. The molecule has 0 unspecified atom stereocenters. The fourth-order valence-corrected chi connectivity index (χ4v) is 2.62. The van der Waals surface area contributed by atoms with Gasteiger partial charge in [0.25, 0.3) is 0 Å². The molecule has 2 N–H and O–H groups in total.